The molecule has 15 heavy (non-hydrogen) atoms. The van der Waals surface area contributed by atoms with Gasteiger partial charge in [0.2, 0.25) is 6.71 Å². The second-order valence-corrected chi connectivity index (χ2v) is 4.23. The normalized spacial score (nSPS) is 17.8. The van der Waals surface area contributed by atoms with Gasteiger partial charge in [-0.1, -0.05) is 66.3 Å². The van der Waals surface area contributed by atoms with Crippen molar-refractivity contribution in [3.63, 3.8) is 0 Å². The first-order valence-corrected chi connectivity index (χ1v) is 5.53. The van der Waals surface area contributed by atoms with Crippen molar-refractivity contribution >= 4 is 17.7 Å². The van der Waals surface area contributed by atoms with Gasteiger partial charge in [0, 0.05) is 0 Å². The fourth-order valence-corrected chi connectivity index (χ4v) is 2.63. The van der Waals surface area contributed by atoms with E-state index in [9.17, 15) is 0 Å². The molecule has 0 nitrogen and oxygen atoms in total. The Labute approximate surface area is 91.1 Å². The summed E-state index contributed by atoms with van der Waals surface area (Å²) in [5.41, 5.74) is 5.96. The van der Waals surface area contributed by atoms with E-state index in [0.717, 1.165) is 6.42 Å². The first kappa shape index (κ1) is 8.78. The minimum atomic E-state index is 0.562. The molecule has 0 aromatic heterocycles. The maximum Gasteiger partial charge on any atom is 0.207 e. The van der Waals surface area contributed by atoms with Crippen molar-refractivity contribution < 1.29 is 0 Å². The molecular weight excluding hydrogens is 179 g/mol. The van der Waals surface area contributed by atoms with Gasteiger partial charge in [0.25, 0.3) is 0 Å². The third-order valence-corrected chi connectivity index (χ3v) is 3.41. The standard InChI is InChI=1S/C14H13B/c1-15-13-9-4-2-3-7-11(13)12-8-5-6-10-14(12)15/h2-6,8-10H,7H2,1H3. The Morgan fingerprint density at radius 2 is 2.00 bits per heavy atom. The van der Waals surface area contributed by atoms with Crippen LogP contribution < -0.4 is 5.46 Å². The summed E-state index contributed by atoms with van der Waals surface area (Å²) in [7, 11) is 0. The second-order valence-electron chi connectivity index (χ2n) is 4.23. The zero-order valence-electron chi connectivity index (χ0n) is 8.90. The third-order valence-electron chi connectivity index (χ3n) is 3.41. The zero-order chi connectivity index (χ0) is 10.3. The van der Waals surface area contributed by atoms with E-state index >= 15 is 0 Å². The highest BCUT2D eigenvalue weighted by atomic mass is 14.2. The maximum atomic E-state index is 2.30. The van der Waals surface area contributed by atoms with Crippen LogP contribution in [0.5, 0.6) is 0 Å². The quantitative estimate of drug-likeness (QED) is 0.554. The molecule has 1 aromatic carbocycles. The molecule has 0 atom stereocenters. The van der Waals surface area contributed by atoms with Gasteiger partial charge < -0.3 is 0 Å². The van der Waals surface area contributed by atoms with Gasteiger partial charge in [-0.25, -0.2) is 0 Å². The predicted molar refractivity (Wildman–Crippen MR) is 67.5 cm³/mol. The molecule has 0 bridgehead atoms. The van der Waals surface area contributed by atoms with Gasteiger partial charge in [-0.3, -0.25) is 0 Å². The summed E-state index contributed by atoms with van der Waals surface area (Å²) in [6, 6.07) is 8.79. The number of allylic oxidation sites excluding steroid dienone is 6. The van der Waals surface area contributed by atoms with Crippen molar-refractivity contribution in [2.45, 2.75) is 13.2 Å². The third kappa shape index (κ3) is 1.23. The van der Waals surface area contributed by atoms with E-state index < -0.39 is 0 Å². The van der Waals surface area contributed by atoms with E-state index in [1.54, 1.807) is 0 Å². The first-order valence-electron chi connectivity index (χ1n) is 5.53. The SMILES string of the molecule is CB1C2=C(CC=CC=C2)c2ccccc21. The van der Waals surface area contributed by atoms with Crippen LogP contribution in [0.15, 0.2) is 54.0 Å². The van der Waals surface area contributed by atoms with Crippen molar-refractivity contribution in [1.82, 2.24) is 0 Å². The first-order chi connectivity index (χ1) is 7.38. The van der Waals surface area contributed by atoms with Gasteiger partial charge in [0.1, 0.15) is 0 Å². The zero-order valence-corrected chi connectivity index (χ0v) is 8.90. The summed E-state index contributed by atoms with van der Waals surface area (Å²) >= 11 is 0. The molecule has 0 radical (unpaired) electrons. The summed E-state index contributed by atoms with van der Waals surface area (Å²) < 4.78 is 0. The van der Waals surface area contributed by atoms with E-state index in [-0.39, 0.29) is 0 Å². The highest BCUT2D eigenvalue weighted by Gasteiger charge is 2.28. The fourth-order valence-electron chi connectivity index (χ4n) is 2.63. The second kappa shape index (κ2) is 3.27. The number of rotatable bonds is 0. The topological polar surface area (TPSA) is 0 Å². The summed E-state index contributed by atoms with van der Waals surface area (Å²) in [4.78, 5) is 0. The van der Waals surface area contributed by atoms with Gasteiger partial charge in [0.15, 0.2) is 0 Å². The predicted octanol–water partition coefficient (Wildman–Crippen LogP) is 2.84. The maximum absolute atomic E-state index is 2.30. The molecule has 1 heterocycles. The highest BCUT2D eigenvalue weighted by Crippen LogP contribution is 2.31. The molecular formula is C14H13B. The highest BCUT2D eigenvalue weighted by molar-refractivity contribution is 6.83. The molecule has 0 spiro atoms. The molecule has 1 heteroatoms. The molecule has 0 N–H and O–H groups in total. The lowest BCUT2D eigenvalue weighted by Gasteiger charge is -2.03. The van der Waals surface area contributed by atoms with Gasteiger partial charge in [-0.15, -0.1) is 0 Å². The van der Waals surface area contributed by atoms with Crippen LogP contribution >= 0.6 is 0 Å². The van der Waals surface area contributed by atoms with Crippen LogP contribution in [-0.2, 0) is 0 Å². The number of benzene rings is 1. The number of hydrogen-bond donors (Lipinski definition) is 0. The molecule has 0 fully saturated rings. The average Bonchev–Trinajstić information content (AvgIpc) is 2.48. The van der Waals surface area contributed by atoms with Crippen LogP contribution in [0.3, 0.4) is 0 Å². The van der Waals surface area contributed by atoms with Crippen LogP contribution in [0, 0.1) is 0 Å². The lowest BCUT2D eigenvalue weighted by Crippen LogP contribution is -2.25. The lowest BCUT2D eigenvalue weighted by molar-refractivity contribution is 1.41. The van der Waals surface area contributed by atoms with E-state index in [1.165, 1.54) is 22.1 Å². The molecule has 1 aliphatic heterocycles. The molecule has 1 aromatic rings. The van der Waals surface area contributed by atoms with Crippen LogP contribution in [0.2, 0.25) is 6.82 Å². The van der Waals surface area contributed by atoms with Crippen LogP contribution in [0.1, 0.15) is 12.0 Å². The average molecular weight is 192 g/mol. The molecule has 0 saturated carbocycles. The Balaban J connectivity index is 2.21. The Kier molecular flexibility index (Phi) is 1.91. The van der Waals surface area contributed by atoms with Crippen molar-refractivity contribution in [2.75, 3.05) is 0 Å². The van der Waals surface area contributed by atoms with E-state index in [2.05, 4.69) is 55.4 Å². The summed E-state index contributed by atoms with van der Waals surface area (Å²) in [6.07, 6.45) is 9.89. The van der Waals surface area contributed by atoms with Crippen LogP contribution in [0.4, 0.5) is 0 Å². The van der Waals surface area contributed by atoms with Crippen molar-refractivity contribution in [3.05, 3.63) is 59.6 Å². The largest absolute Gasteiger partial charge is 0.207 e. The van der Waals surface area contributed by atoms with Gasteiger partial charge in [-0.2, -0.15) is 0 Å². The van der Waals surface area contributed by atoms with Crippen molar-refractivity contribution in [1.29, 1.82) is 0 Å². The lowest BCUT2D eigenvalue weighted by atomic mass is 9.44. The minimum Gasteiger partial charge on any atom is -0.0801 e. The number of fused-ring (bicyclic) bond motifs is 2. The summed E-state index contributed by atoms with van der Waals surface area (Å²) in [5, 5.41) is 0. The van der Waals surface area contributed by atoms with E-state index in [4.69, 9.17) is 0 Å². The number of hydrogen-bond acceptors (Lipinski definition) is 0. The Hall–Kier alpha value is -1.50. The smallest absolute Gasteiger partial charge is 0.0801 e. The molecule has 0 unspecified atom stereocenters. The van der Waals surface area contributed by atoms with Crippen molar-refractivity contribution in [3.8, 4) is 0 Å². The molecule has 72 valence electrons. The molecule has 3 rings (SSSR count). The monoisotopic (exact) mass is 192 g/mol. The Morgan fingerprint density at radius 1 is 1.13 bits per heavy atom. The van der Waals surface area contributed by atoms with Crippen LogP contribution in [0.25, 0.3) is 5.57 Å². The molecule has 0 saturated heterocycles. The van der Waals surface area contributed by atoms with E-state index in [1.807, 2.05) is 0 Å². The summed E-state index contributed by atoms with van der Waals surface area (Å²) in [6.45, 7) is 2.86. The summed E-state index contributed by atoms with van der Waals surface area (Å²) in [5.74, 6) is 0. The van der Waals surface area contributed by atoms with E-state index in [0.29, 0.717) is 6.71 Å². The van der Waals surface area contributed by atoms with Crippen LogP contribution in [-0.4, -0.2) is 6.71 Å². The minimum absolute atomic E-state index is 0.562. The fraction of sp³-hybridized carbons (Fsp3) is 0.143. The van der Waals surface area contributed by atoms with Gasteiger partial charge in [0.05, 0.1) is 0 Å². The Morgan fingerprint density at radius 3 is 2.93 bits per heavy atom. The molecule has 1 aliphatic carbocycles. The van der Waals surface area contributed by atoms with Gasteiger partial charge in [-0.05, 0) is 17.6 Å². The van der Waals surface area contributed by atoms with Gasteiger partial charge >= 0.3 is 0 Å². The molecule has 2 aliphatic rings. The molecule has 0 amide bonds. The van der Waals surface area contributed by atoms with Crippen molar-refractivity contribution in [2.24, 2.45) is 0 Å². The Bertz CT molecular complexity index is 492.